The van der Waals surface area contributed by atoms with Gasteiger partial charge in [0.25, 0.3) is 0 Å². The fourth-order valence-corrected chi connectivity index (χ4v) is 3.78. The summed E-state index contributed by atoms with van der Waals surface area (Å²) in [4.78, 5) is 6.94. The highest BCUT2D eigenvalue weighted by molar-refractivity contribution is 5.70. The number of pyridine rings is 1. The van der Waals surface area contributed by atoms with Crippen LogP contribution in [0.4, 0.5) is 23.0 Å². The topological polar surface area (TPSA) is 89.9 Å². The Labute approximate surface area is 180 Å². The van der Waals surface area contributed by atoms with E-state index in [0.29, 0.717) is 17.4 Å². The molecular formula is C23H24N6O2. The van der Waals surface area contributed by atoms with Crippen LogP contribution in [0.5, 0.6) is 5.75 Å². The number of benzene rings is 2. The second-order valence-electron chi connectivity index (χ2n) is 7.34. The third-order valence-corrected chi connectivity index (χ3v) is 5.38. The van der Waals surface area contributed by atoms with Crippen molar-refractivity contribution in [2.24, 2.45) is 0 Å². The van der Waals surface area contributed by atoms with Gasteiger partial charge in [0.2, 0.25) is 5.95 Å². The number of aromatic nitrogens is 3. The number of fused-ring (bicyclic) bond motifs is 1. The lowest BCUT2D eigenvalue weighted by Gasteiger charge is -2.28. The molecular weight excluding hydrogens is 392 g/mol. The average molecular weight is 416 g/mol. The molecule has 1 saturated heterocycles. The molecule has 5 rings (SSSR count). The van der Waals surface area contributed by atoms with E-state index in [1.807, 2.05) is 53.0 Å². The SMILES string of the molecule is COc1ccc(-c2cccc3nc(Nc4ccc(N5CCOCC5)cc4)nn23)cc1N. The predicted octanol–water partition coefficient (Wildman–Crippen LogP) is 3.57. The van der Waals surface area contributed by atoms with Gasteiger partial charge in [-0.25, -0.2) is 4.52 Å². The number of ether oxygens (including phenoxy) is 2. The average Bonchev–Trinajstić information content (AvgIpc) is 3.22. The van der Waals surface area contributed by atoms with Crippen LogP contribution in [0.15, 0.2) is 60.7 Å². The molecule has 2 aromatic carbocycles. The Hall–Kier alpha value is -3.78. The highest BCUT2D eigenvalue weighted by Gasteiger charge is 2.13. The number of nitrogens with one attached hydrogen (secondary N) is 1. The largest absolute Gasteiger partial charge is 0.495 e. The molecule has 0 bridgehead atoms. The van der Waals surface area contributed by atoms with Crippen molar-refractivity contribution in [3.05, 3.63) is 60.7 Å². The minimum absolute atomic E-state index is 0.535. The van der Waals surface area contributed by atoms with Gasteiger partial charge in [-0.1, -0.05) is 6.07 Å². The minimum atomic E-state index is 0.535. The van der Waals surface area contributed by atoms with Gasteiger partial charge in [-0.2, -0.15) is 4.98 Å². The van der Waals surface area contributed by atoms with E-state index in [4.69, 9.17) is 15.2 Å². The maximum atomic E-state index is 6.09. The highest BCUT2D eigenvalue weighted by Crippen LogP contribution is 2.29. The van der Waals surface area contributed by atoms with E-state index in [1.54, 1.807) is 7.11 Å². The molecule has 4 aromatic rings. The standard InChI is InChI=1S/C23H24N6O2/c1-30-21-10-5-16(15-19(21)24)20-3-2-4-22-26-23(27-29(20)22)25-17-6-8-18(9-7-17)28-11-13-31-14-12-28/h2-10,15H,11-14,24H2,1H3,(H,25,27). The maximum absolute atomic E-state index is 6.09. The van der Waals surface area contributed by atoms with Gasteiger partial charge >= 0.3 is 0 Å². The van der Waals surface area contributed by atoms with Crippen LogP contribution in [0.3, 0.4) is 0 Å². The van der Waals surface area contributed by atoms with Crippen molar-refractivity contribution in [2.45, 2.75) is 0 Å². The molecule has 3 N–H and O–H groups in total. The van der Waals surface area contributed by atoms with Crippen LogP contribution in [0.2, 0.25) is 0 Å². The van der Waals surface area contributed by atoms with E-state index >= 15 is 0 Å². The van der Waals surface area contributed by atoms with E-state index < -0.39 is 0 Å². The molecule has 8 heteroatoms. The fraction of sp³-hybridized carbons (Fsp3) is 0.217. The van der Waals surface area contributed by atoms with Gasteiger partial charge in [-0.15, -0.1) is 5.10 Å². The Morgan fingerprint density at radius 2 is 1.84 bits per heavy atom. The second-order valence-corrected chi connectivity index (χ2v) is 7.34. The maximum Gasteiger partial charge on any atom is 0.247 e. The zero-order valence-corrected chi connectivity index (χ0v) is 17.3. The third-order valence-electron chi connectivity index (χ3n) is 5.38. The van der Waals surface area contributed by atoms with Gasteiger partial charge in [-0.05, 0) is 54.6 Å². The summed E-state index contributed by atoms with van der Waals surface area (Å²) >= 11 is 0. The van der Waals surface area contributed by atoms with Crippen molar-refractivity contribution in [1.82, 2.24) is 14.6 Å². The van der Waals surface area contributed by atoms with Crippen molar-refractivity contribution in [1.29, 1.82) is 0 Å². The monoisotopic (exact) mass is 416 g/mol. The number of nitrogen functional groups attached to an aromatic ring is 1. The first-order valence-corrected chi connectivity index (χ1v) is 10.2. The number of hydrogen-bond acceptors (Lipinski definition) is 7. The van der Waals surface area contributed by atoms with Crippen LogP contribution in [0, 0.1) is 0 Å². The molecule has 1 aliphatic rings. The first kappa shape index (κ1) is 19.2. The molecule has 3 heterocycles. The Morgan fingerprint density at radius 3 is 2.58 bits per heavy atom. The van der Waals surface area contributed by atoms with Crippen molar-refractivity contribution in [3.8, 4) is 17.0 Å². The number of anilines is 4. The molecule has 1 aliphatic heterocycles. The van der Waals surface area contributed by atoms with Crippen LogP contribution in [0.25, 0.3) is 16.9 Å². The second kappa shape index (κ2) is 8.16. The first-order chi connectivity index (χ1) is 15.2. The number of hydrogen-bond donors (Lipinski definition) is 2. The lowest BCUT2D eigenvalue weighted by Crippen LogP contribution is -2.36. The molecule has 158 valence electrons. The Balaban J connectivity index is 1.40. The summed E-state index contributed by atoms with van der Waals surface area (Å²) in [7, 11) is 1.61. The van der Waals surface area contributed by atoms with Crippen molar-refractivity contribution >= 4 is 28.7 Å². The number of morpholine rings is 1. The van der Waals surface area contributed by atoms with Gasteiger partial charge in [0, 0.05) is 30.0 Å². The zero-order valence-electron chi connectivity index (χ0n) is 17.3. The summed E-state index contributed by atoms with van der Waals surface area (Å²) < 4.78 is 12.5. The Bertz CT molecular complexity index is 1200. The van der Waals surface area contributed by atoms with Crippen LogP contribution >= 0.6 is 0 Å². The third kappa shape index (κ3) is 3.85. The van der Waals surface area contributed by atoms with E-state index in [9.17, 15) is 0 Å². The zero-order chi connectivity index (χ0) is 21.2. The summed E-state index contributed by atoms with van der Waals surface area (Å²) in [6, 6.07) is 19.9. The molecule has 8 nitrogen and oxygen atoms in total. The van der Waals surface area contributed by atoms with Crippen molar-refractivity contribution < 1.29 is 9.47 Å². The molecule has 1 fully saturated rings. The fourth-order valence-electron chi connectivity index (χ4n) is 3.78. The Morgan fingerprint density at radius 1 is 1.03 bits per heavy atom. The number of nitrogens with zero attached hydrogens (tertiary/aromatic N) is 4. The van der Waals surface area contributed by atoms with Crippen LogP contribution in [-0.4, -0.2) is 48.0 Å². The van der Waals surface area contributed by atoms with Gasteiger partial charge < -0.3 is 25.4 Å². The van der Waals surface area contributed by atoms with Crippen LogP contribution in [-0.2, 0) is 4.74 Å². The highest BCUT2D eigenvalue weighted by atomic mass is 16.5. The number of nitrogens with two attached hydrogens (primary N) is 1. The molecule has 0 amide bonds. The molecule has 2 aromatic heterocycles. The van der Waals surface area contributed by atoms with E-state index in [2.05, 4.69) is 32.4 Å². The number of methoxy groups -OCH3 is 1. The van der Waals surface area contributed by atoms with Crippen LogP contribution in [0.1, 0.15) is 0 Å². The molecule has 0 radical (unpaired) electrons. The van der Waals surface area contributed by atoms with Gasteiger partial charge in [0.05, 0.1) is 31.7 Å². The smallest absolute Gasteiger partial charge is 0.247 e. The van der Waals surface area contributed by atoms with Crippen molar-refractivity contribution in [2.75, 3.05) is 49.4 Å². The molecule has 0 saturated carbocycles. The predicted molar refractivity (Wildman–Crippen MR) is 122 cm³/mol. The van der Waals surface area contributed by atoms with Gasteiger partial charge in [-0.3, -0.25) is 0 Å². The number of rotatable bonds is 5. The summed E-state index contributed by atoms with van der Waals surface area (Å²) in [5.41, 5.74) is 11.4. The lowest BCUT2D eigenvalue weighted by molar-refractivity contribution is 0.122. The molecule has 0 aliphatic carbocycles. The van der Waals surface area contributed by atoms with E-state index in [0.717, 1.165) is 48.9 Å². The van der Waals surface area contributed by atoms with Crippen LogP contribution < -0.4 is 20.7 Å². The minimum Gasteiger partial charge on any atom is -0.495 e. The van der Waals surface area contributed by atoms with Crippen molar-refractivity contribution in [3.63, 3.8) is 0 Å². The normalized spacial score (nSPS) is 14.0. The van der Waals surface area contributed by atoms with E-state index in [-0.39, 0.29) is 0 Å². The summed E-state index contributed by atoms with van der Waals surface area (Å²) in [6.45, 7) is 3.37. The molecule has 31 heavy (non-hydrogen) atoms. The van der Waals surface area contributed by atoms with E-state index in [1.165, 1.54) is 5.69 Å². The quantitative estimate of drug-likeness (QED) is 0.481. The summed E-state index contributed by atoms with van der Waals surface area (Å²) in [5, 5.41) is 7.97. The van der Waals surface area contributed by atoms with Gasteiger partial charge in [0.15, 0.2) is 5.65 Å². The molecule has 0 atom stereocenters. The first-order valence-electron chi connectivity index (χ1n) is 10.2. The van der Waals surface area contributed by atoms with Gasteiger partial charge in [0.1, 0.15) is 5.75 Å². The Kier molecular flexibility index (Phi) is 5.05. The summed E-state index contributed by atoms with van der Waals surface area (Å²) in [5.74, 6) is 1.19. The molecule has 0 unspecified atom stereocenters. The summed E-state index contributed by atoms with van der Waals surface area (Å²) in [6.07, 6.45) is 0. The molecule has 0 spiro atoms. The lowest BCUT2D eigenvalue weighted by atomic mass is 10.1.